The summed E-state index contributed by atoms with van der Waals surface area (Å²) in [6.07, 6.45) is 0. The molecule has 0 radical (unpaired) electrons. The Balaban J connectivity index is 2.39. The molecule has 0 saturated carbocycles. The van der Waals surface area contributed by atoms with Crippen molar-refractivity contribution in [1.29, 1.82) is 0 Å². The van der Waals surface area contributed by atoms with E-state index >= 15 is 0 Å². The standard InChI is InChI=1S/C13H9ClF2N4/c1-6-7(2)12-17-18-13(20(12)19-11(6)14)10-8(15)4-3-5-9(10)16/h3-5H,1-2H3. The highest BCUT2D eigenvalue weighted by molar-refractivity contribution is 6.30. The Bertz CT molecular complexity index is 809. The first-order chi connectivity index (χ1) is 9.50. The second-order valence-corrected chi connectivity index (χ2v) is 4.75. The van der Waals surface area contributed by atoms with Crippen LogP contribution in [0.15, 0.2) is 18.2 Å². The highest BCUT2D eigenvalue weighted by Crippen LogP contribution is 2.27. The second-order valence-electron chi connectivity index (χ2n) is 4.40. The van der Waals surface area contributed by atoms with Crippen LogP contribution >= 0.6 is 11.6 Å². The number of rotatable bonds is 1. The topological polar surface area (TPSA) is 43.1 Å². The number of aromatic nitrogens is 4. The van der Waals surface area contributed by atoms with Crippen LogP contribution in [0.5, 0.6) is 0 Å². The average molecular weight is 295 g/mol. The first kappa shape index (κ1) is 12.9. The van der Waals surface area contributed by atoms with E-state index in [0.717, 1.165) is 23.3 Å². The predicted octanol–water partition coefficient (Wildman–Crippen LogP) is 3.34. The minimum atomic E-state index is -0.726. The quantitative estimate of drug-likeness (QED) is 0.691. The van der Waals surface area contributed by atoms with Crippen molar-refractivity contribution in [3.63, 3.8) is 0 Å². The smallest absolute Gasteiger partial charge is 0.191 e. The molecule has 2 aromatic heterocycles. The third kappa shape index (κ3) is 1.76. The minimum absolute atomic E-state index is 0.0133. The van der Waals surface area contributed by atoms with E-state index in [0.29, 0.717) is 5.65 Å². The van der Waals surface area contributed by atoms with Crippen molar-refractivity contribution in [2.45, 2.75) is 13.8 Å². The van der Waals surface area contributed by atoms with Crippen LogP contribution in [-0.4, -0.2) is 19.8 Å². The summed E-state index contributed by atoms with van der Waals surface area (Å²) >= 11 is 6.01. The van der Waals surface area contributed by atoms with E-state index < -0.39 is 11.6 Å². The number of halogens is 3. The van der Waals surface area contributed by atoms with Crippen LogP contribution in [0.2, 0.25) is 5.15 Å². The predicted molar refractivity (Wildman–Crippen MR) is 70.6 cm³/mol. The molecule has 0 fully saturated rings. The molecule has 20 heavy (non-hydrogen) atoms. The van der Waals surface area contributed by atoms with Gasteiger partial charge in [0.25, 0.3) is 0 Å². The number of nitrogens with zero attached hydrogens (tertiary/aromatic N) is 4. The van der Waals surface area contributed by atoms with Gasteiger partial charge in [-0.05, 0) is 31.5 Å². The van der Waals surface area contributed by atoms with Crippen LogP contribution in [0, 0.1) is 25.5 Å². The first-order valence-corrected chi connectivity index (χ1v) is 6.21. The van der Waals surface area contributed by atoms with E-state index in [-0.39, 0.29) is 16.5 Å². The molecule has 7 heteroatoms. The maximum Gasteiger partial charge on any atom is 0.191 e. The van der Waals surface area contributed by atoms with E-state index in [2.05, 4.69) is 15.3 Å². The number of fused-ring (bicyclic) bond motifs is 1. The summed E-state index contributed by atoms with van der Waals surface area (Å²) < 4.78 is 28.9. The largest absolute Gasteiger partial charge is 0.206 e. The van der Waals surface area contributed by atoms with Gasteiger partial charge in [0.05, 0.1) is 5.56 Å². The molecular formula is C13H9ClF2N4. The summed E-state index contributed by atoms with van der Waals surface area (Å²) in [6.45, 7) is 3.59. The van der Waals surface area contributed by atoms with Crippen LogP contribution in [-0.2, 0) is 0 Å². The van der Waals surface area contributed by atoms with E-state index in [4.69, 9.17) is 11.6 Å². The van der Waals surface area contributed by atoms with Gasteiger partial charge in [-0.1, -0.05) is 17.7 Å². The Morgan fingerprint density at radius 1 is 1.05 bits per heavy atom. The van der Waals surface area contributed by atoms with Gasteiger partial charge in [-0.15, -0.1) is 10.2 Å². The van der Waals surface area contributed by atoms with Gasteiger partial charge in [0.1, 0.15) is 11.6 Å². The molecule has 0 N–H and O–H groups in total. The van der Waals surface area contributed by atoms with Crippen LogP contribution in [0.1, 0.15) is 11.1 Å². The monoisotopic (exact) mass is 294 g/mol. The Kier molecular flexibility index (Phi) is 2.90. The van der Waals surface area contributed by atoms with Gasteiger partial charge in [0.2, 0.25) is 0 Å². The summed E-state index contributed by atoms with van der Waals surface area (Å²) in [4.78, 5) is 0. The molecule has 0 bridgehead atoms. The van der Waals surface area contributed by atoms with Gasteiger partial charge < -0.3 is 0 Å². The Morgan fingerprint density at radius 2 is 1.70 bits per heavy atom. The van der Waals surface area contributed by atoms with E-state index in [9.17, 15) is 8.78 Å². The summed E-state index contributed by atoms with van der Waals surface area (Å²) in [5, 5.41) is 12.1. The lowest BCUT2D eigenvalue weighted by Crippen LogP contribution is -2.02. The van der Waals surface area contributed by atoms with Gasteiger partial charge in [-0.2, -0.15) is 9.61 Å². The van der Waals surface area contributed by atoms with Gasteiger partial charge in [0, 0.05) is 5.56 Å². The fraction of sp³-hybridized carbons (Fsp3) is 0.154. The van der Waals surface area contributed by atoms with Crippen LogP contribution < -0.4 is 0 Å². The zero-order valence-corrected chi connectivity index (χ0v) is 11.4. The molecule has 0 atom stereocenters. The summed E-state index contributed by atoms with van der Waals surface area (Å²) in [5.74, 6) is -1.47. The lowest BCUT2D eigenvalue weighted by Gasteiger charge is -2.06. The van der Waals surface area contributed by atoms with Crippen molar-refractivity contribution in [2.24, 2.45) is 0 Å². The van der Waals surface area contributed by atoms with Gasteiger partial charge in [-0.25, -0.2) is 8.78 Å². The normalized spacial score (nSPS) is 11.2. The molecular weight excluding hydrogens is 286 g/mol. The van der Waals surface area contributed by atoms with Crippen molar-refractivity contribution in [3.05, 3.63) is 46.1 Å². The molecule has 0 amide bonds. The number of hydrogen-bond acceptors (Lipinski definition) is 3. The molecule has 0 saturated heterocycles. The zero-order chi connectivity index (χ0) is 14.4. The molecule has 1 aromatic carbocycles. The lowest BCUT2D eigenvalue weighted by atomic mass is 10.2. The second kappa shape index (κ2) is 4.49. The third-order valence-corrected chi connectivity index (χ3v) is 3.58. The number of benzene rings is 1. The van der Waals surface area contributed by atoms with Gasteiger partial charge >= 0.3 is 0 Å². The maximum absolute atomic E-state index is 13.8. The Labute approximate surface area is 118 Å². The molecule has 0 aliphatic carbocycles. The highest BCUT2D eigenvalue weighted by Gasteiger charge is 2.20. The first-order valence-electron chi connectivity index (χ1n) is 5.83. The molecule has 0 unspecified atom stereocenters. The highest BCUT2D eigenvalue weighted by atomic mass is 35.5. The molecule has 4 nitrogen and oxygen atoms in total. The Hall–Kier alpha value is -2.08. The van der Waals surface area contributed by atoms with Crippen molar-refractivity contribution in [1.82, 2.24) is 19.8 Å². The van der Waals surface area contributed by atoms with Crippen molar-refractivity contribution in [2.75, 3.05) is 0 Å². The van der Waals surface area contributed by atoms with Crippen molar-refractivity contribution in [3.8, 4) is 11.4 Å². The minimum Gasteiger partial charge on any atom is -0.206 e. The van der Waals surface area contributed by atoms with Gasteiger partial charge in [0.15, 0.2) is 16.6 Å². The fourth-order valence-electron chi connectivity index (χ4n) is 1.96. The van der Waals surface area contributed by atoms with Crippen molar-refractivity contribution < 1.29 is 8.78 Å². The molecule has 0 aliphatic heterocycles. The maximum atomic E-state index is 13.8. The van der Waals surface area contributed by atoms with Crippen molar-refractivity contribution >= 4 is 17.2 Å². The van der Waals surface area contributed by atoms with Crippen LogP contribution in [0.25, 0.3) is 17.0 Å². The number of aryl methyl sites for hydroxylation is 1. The SMILES string of the molecule is Cc1c(Cl)nn2c(-c3c(F)cccc3F)nnc2c1C. The summed E-state index contributed by atoms with van der Waals surface area (Å²) in [5.41, 5.74) is 1.67. The van der Waals surface area contributed by atoms with E-state index in [1.165, 1.54) is 10.6 Å². The fourth-order valence-corrected chi connectivity index (χ4v) is 2.18. The van der Waals surface area contributed by atoms with E-state index in [1.807, 2.05) is 0 Å². The average Bonchev–Trinajstić information content (AvgIpc) is 2.80. The lowest BCUT2D eigenvalue weighted by molar-refractivity contribution is 0.586. The molecule has 3 aromatic rings. The van der Waals surface area contributed by atoms with E-state index in [1.54, 1.807) is 13.8 Å². The molecule has 102 valence electrons. The molecule has 0 aliphatic rings. The molecule has 0 spiro atoms. The molecule has 2 heterocycles. The summed E-state index contributed by atoms with van der Waals surface area (Å²) in [7, 11) is 0. The summed E-state index contributed by atoms with van der Waals surface area (Å²) in [6, 6.07) is 3.59. The number of hydrogen-bond donors (Lipinski definition) is 0. The third-order valence-electron chi connectivity index (χ3n) is 3.22. The van der Waals surface area contributed by atoms with Crippen LogP contribution in [0.4, 0.5) is 8.78 Å². The Morgan fingerprint density at radius 3 is 2.35 bits per heavy atom. The molecule has 3 rings (SSSR count). The van der Waals surface area contributed by atoms with Gasteiger partial charge in [-0.3, -0.25) is 0 Å². The van der Waals surface area contributed by atoms with Crippen LogP contribution in [0.3, 0.4) is 0 Å². The zero-order valence-electron chi connectivity index (χ0n) is 10.7.